The van der Waals surface area contributed by atoms with Gasteiger partial charge in [0, 0.05) is 23.4 Å². The molecule has 1 saturated carbocycles. The maximum atomic E-state index is 10.7. The predicted molar refractivity (Wildman–Crippen MR) is 105 cm³/mol. The Morgan fingerprint density at radius 2 is 2.12 bits per heavy atom. The first-order valence-electron chi connectivity index (χ1n) is 8.88. The van der Waals surface area contributed by atoms with E-state index >= 15 is 0 Å². The molecule has 1 fully saturated rings. The zero-order valence-corrected chi connectivity index (χ0v) is 15.9. The highest BCUT2D eigenvalue weighted by Gasteiger charge is 2.39. The molecule has 1 heterocycles. The zero-order chi connectivity index (χ0) is 17.9. The van der Waals surface area contributed by atoms with E-state index in [0.29, 0.717) is 18.5 Å². The molecule has 0 amide bonds. The Kier molecular flexibility index (Phi) is 5.45. The van der Waals surface area contributed by atoms with Crippen molar-refractivity contribution in [2.24, 2.45) is 4.99 Å². The zero-order valence-electron chi connectivity index (χ0n) is 15.1. The van der Waals surface area contributed by atoms with Crippen molar-refractivity contribution in [3.05, 3.63) is 57.8 Å². The first kappa shape index (κ1) is 18.0. The smallest absolute Gasteiger partial charge is 0.191 e. The van der Waals surface area contributed by atoms with Gasteiger partial charge < -0.3 is 15.7 Å². The molecule has 3 rings (SSSR count). The fourth-order valence-electron chi connectivity index (χ4n) is 3.09. The van der Waals surface area contributed by atoms with Crippen LogP contribution < -0.4 is 10.6 Å². The minimum atomic E-state index is -0.935. The van der Waals surface area contributed by atoms with Crippen LogP contribution in [-0.2, 0) is 5.60 Å². The molecule has 3 atom stereocenters. The molecule has 1 aliphatic carbocycles. The number of aryl methyl sites for hydroxylation is 1. The Balaban J connectivity index is 1.63. The van der Waals surface area contributed by atoms with Crippen molar-refractivity contribution < 1.29 is 5.11 Å². The standard InChI is InChI=1S/C20H27N3OS/c1-4-21-19(22-13-20(3,24)18-10-7-11-25-18)23-17-12-16(17)15-9-6-5-8-14(15)2/h5-11,16-17,24H,4,12-13H2,1-3H3,(H2,21,22,23). The van der Waals surface area contributed by atoms with Crippen LogP contribution in [0, 0.1) is 6.92 Å². The molecule has 1 aromatic heterocycles. The van der Waals surface area contributed by atoms with Gasteiger partial charge in [-0.25, -0.2) is 4.99 Å². The molecule has 0 bridgehead atoms. The van der Waals surface area contributed by atoms with E-state index in [1.54, 1.807) is 11.3 Å². The maximum absolute atomic E-state index is 10.7. The van der Waals surface area contributed by atoms with E-state index in [-0.39, 0.29) is 0 Å². The molecule has 4 nitrogen and oxygen atoms in total. The molecule has 3 unspecified atom stereocenters. The van der Waals surface area contributed by atoms with Gasteiger partial charge in [-0.3, -0.25) is 0 Å². The number of guanidine groups is 1. The van der Waals surface area contributed by atoms with Crippen LogP contribution in [0.3, 0.4) is 0 Å². The summed E-state index contributed by atoms with van der Waals surface area (Å²) in [7, 11) is 0. The molecule has 25 heavy (non-hydrogen) atoms. The van der Waals surface area contributed by atoms with Crippen LogP contribution in [0.2, 0.25) is 0 Å². The van der Waals surface area contributed by atoms with Crippen molar-refractivity contribution in [2.45, 2.75) is 44.8 Å². The summed E-state index contributed by atoms with van der Waals surface area (Å²) in [6.45, 7) is 7.18. The molecule has 0 radical (unpaired) electrons. The summed E-state index contributed by atoms with van der Waals surface area (Å²) in [4.78, 5) is 5.56. The third kappa shape index (κ3) is 4.41. The quantitative estimate of drug-likeness (QED) is 0.549. The van der Waals surface area contributed by atoms with Crippen LogP contribution in [0.1, 0.15) is 42.2 Å². The minimum Gasteiger partial charge on any atom is -0.383 e. The number of benzene rings is 1. The third-order valence-electron chi connectivity index (χ3n) is 4.64. The topological polar surface area (TPSA) is 56.7 Å². The fourth-order valence-corrected chi connectivity index (χ4v) is 3.87. The minimum absolute atomic E-state index is 0.338. The Hall–Kier alpha value is -1.85. The molecule has 5 heteroatoms. The Morgan fingerprint density at radius 3 is 2.80 bits per heavy atom. The Bertz CT molecular complexity index is 724. The average molecular weight is 358 g/mol. The second-order valence-electron chi connectivity index (χ2n) is 6.90. The van der Waals surface area contributed by atoms with Gasteiger partial charge in [0.2, 0.25) is 0 Å². The van der Waals surface area contributed by atoms with Crippen molar-refractivity contribution in [1.82, 2.24) is 10.6 Å². The summed E-state index contributed by atoms with van der Waals surface area (Å²) < 4.78 is 0. The lowest BCUT2D eigenvalue weighted by Crippen LogP contribution is -2.40. The average Bonchev–Trinajstić information content (AvgIpc) is 3.10. The number of nitrogens with one attached hydrogen (secondary N) is 2. The van der Waals surface area contributed by atoms with Crippen LogP contribution in [0.5, 0.6) is 0 Å². The van der Waals surface area contributed by atoms with Gasteiger partial charge >= 0.3 is 0 Å². The second-order valence-corrected chi connectivity index (χ2v) is 7.84. The van der Waals surface area contributed by atoms with Gasteiger partial charge in [0.1, 0.15) is 5.60 Å². The molecule has 3 N–H and O–H groups in total. The number of nitrogens with zero attached hydrogens (tertiary/aromatic N) is 1. The molecule has 0 aliphatic heterocycles. The summed E-state index contributed by atoms with van der Waals surface area (Å²) in [5.41, 5.74) is 1.83. The first-order chi connectivity index (χ1) is 12.0. The number of aliphatic imine (C=N–C) groups is 1. The molecule has 1 aliphatic rings. The fraction of sp³-hybridized carbons (Fsp3) is 0.450. The highest BCUT2D eigenvalue weighted by molar-refractivity contribution is 7.10. The van der Waals surface area contributed by atoms with Crippen molar-refractivity contribution in [1.29, 1.82) is 0 Å². The number of aliphatic hydroxyl groups is 1. The van der Waals surface area contributed by atoms with Gasteiger partial charge in [-0.05, 0) is 49.8 Å². The van der Waals surface area contributed by atoms with E-state index < -0.39 is 5.60 Å². The SMILES string of the molecule is CCNC(=NCC(C)(O)c1cccs1)NC1CC1c1ccccc1C. The highest BCUT2D eigenvalue weighted by atomic mass is 32.1. The predicted octanol–water partition coefficient (Wildman–Crippen LogP) is 3.38. The van der Waals surface area contributed by atoms with E-state index in [2.05, 4.69) is 53.7 Å². The lowest BCUT2D eigenvalue weighted by atomic mass is 10.0. The van der Waals surface area contributed by atoms with E-state index in [1.807, 2.05) is 24.4 Å². The molecule has 1 aromatic carbocycles. The van der Waals surface area contributed by atoms with Crippen molar-refractivity contribution in [2.75, 3.05) is 13.1 Å². The molecule has 0 spiro atoms. The highest BCUT2D eigenvalue weighted by Crippen LogP contribution is 2.42. The van der Waals surface area contributed by atoms with Gasteiger partial charge in [-0.2, -0.15) is 0 Å². The van der Waals surface area contributed by atoms with Gasteiger partial charge in [0.15, 0.2) is 5.96 Å². The molecule has 0 saturated heterocycles. The maximum Gasteiger partial charge on any atom is 0.191 e. The largest absolute Gasteiger partial charge is 0.383 e. The van der Waals surface area contributed by atoms with Crippen LogP contribution in [0.25, 0.3) is 0 Å². The summed E-state index contributed by atoms with van der Waals surface area (Å²) >= 11 is 1.56. The van der Waals surface area contributed by atoms with E-state index in [1.165, 1.54) is 11.1 Å². The van der Waals surface area contributed by atoms with E-state index in [4.69, 9.17) is 0 Å². The second kappa shape index (κ2) is 7.58. The summed E-state index contributed by atoms with van der Waals surface area (Å²) in [5, 5.41) is 19.4. The van der Waals surface area contributed by atoms with Crippen molar-refractivity contribution in [3.63, 3.8) is 0 Å². The molecular formula is C20H27N3OS. The molecule has 2 aromatic rings. The van der Waals surface area contributed by atoms with Crippen molar-refractivity contribution >= 4 is 17.3 Å². The Morgan fingerprint density at radius 1 is 1.32 bits per heavy atom. The van der Waals surface area contributed by atoms with Gasteiger partial charge in [-0.15, -0.1) is 11.3 Å². The first-order valence-corrected chi connectivity index (χ1v) is 9.76. The summed E-state index contributed by atoms with van der Waals surface area (Å²) in [5.74, 6) is 1.32. The summed E-state index contributed by atoms with van der Waals surface area (Å²) in [6.07, 6.45) is 1.12. The lowest BCUT2D eigenvalue weighted by Gasteiger charge is -2.20. The van der Waals surface area contributed by atoms with E-state index in [9.17, 15) is 5.11 Å². The normalized spacial score (nSPS) is 22.3. The van der Waals surface area contributed by atoms with Gasteiger partial charge in [-0.1, -0.05) is 30.3 Å². The number of hydrogen-bond acceptors (Lipinski definition) is 3. The van der Waals surface area contributed by atoms with Gasteiger partial charge in [0.25, 0.3) is 0 Å². The van der Waals surface area contributed by atoms with Crippen LogP contribution in [0.4, 0.5) is 0 Å². The van der Waals surface area contributed by atoms with Gasteiger partial charge in [0.05, 0.1) is 6.54 Å². The van der Waals surface area contributed by atoms with E-state index in [0.717, 1.165) is 23.8 Å². The Labute approximate surface area is 154 Å². The third-order valence-corrected chi connectivity index (χ3v) is 5.76. The van der Waals surface area contributed by atoms with Crippen LogP contribution in [0.15, 0.2) is 46.8 Å². The monoisotopic (exact) mass is 357 g/mol. The van der Waals surface area contributed by atoms with Crippen LogP contribution in [-0.4, -0.2) is 30.2 Å². The van der Waals surface area contributed by atoms with Crippen LogP contribution >= 0.6 is 11.3 Å². The number of hydrogen-bond donors (Lipinski definition) is 3. The summed E-state index contributed by atoms with van der Waals surface area (Å²) in [6, 6.07) is 12.9. The number of thiophene rings is 1. The molecule has 134 valence electrons. The molecular weight excluding hydrogens is 330 g/mol. The van der Waals surface area contributed by atoms with Crippen molar-refractivity contribution in [3.8, 4) is 0 Å². The number of rotatable bonds is 6. The lowest BCUT2D eigenvalue weighted by molar-refractivity contribution is 0.0711.